The summed E-state index contributed by atoms with van der Waals surface area (Å²) in [7, 11) is 0. The van der Waals surface area contributed by atoms with Gasteiger partial charge in [0.15, 0.2) is 0 Å². The average molecular weight is 258 g/mol. The topological polar surface area (TPSA) is 12.0 Å². The molecule has 0 radical (unpaired) electrons. The van der Waals surface area contributed by atoms with Crippen molar-refractivity contribution in [3.8, 4) is 0 Å². The van der Waals surface area contributed by atoms with Gasteiger partial charge in [-0.25, -0.2) is 0 Å². The highest BCUT2D eigenvalue weighted by Crippen LogP contribution is 2.29. The molecule has 0 aromatic heterocycles. The second-order valence-corrected chi connectivity index (χ2v) is 5.46. The van der Waals surface area contributed by atoms with Crippen molar-refractivity contribution in [2.75, 3.05) is 5.32 Å². The van der Waals surface area contributed by atoms with Crippen molar-refractivity contribution >= 4 is 28.9 Å². The minimum absolute atomic E-state index is 0.575. The van der Waals surface area contributed by atoms with Gasteiger partial charge in [-0.05, 0) is 37.0 Å². The van der Waals surface area contributed by atoms with Crippen LogP contribution in [0.3, 0.4) is 0 Å². The van der Waals surface area contributed by atoms with Crippen LogP contribution in [0, 0.1) is 5.92 Å². The van der Waals surface area contributed by atoms with E-state index in [1.807, 2.05) is 18.2 Å². The zero-order valence-electron chi connectivity index (χ0n) is 9.47. The Hall–Kier alpha value is -0.400. The first-order chi connectivity index (χ1) is 7.66. The third-order valence-electron chi connectivity index (χ3n) is 3.38. The molecule has 1 aromatic carbocycles. The van der Waals surface area contributed by atoms with E-state index in [2.05, 4.69) is 12.2 Å². The fourth-order valence-corrected chi connectivity index (χ4v) is 2.63. The molecule has 1 fully saturated rings. The van der Waals surface area contributed by atoms with Gasteiger partial charge < -0.3 is 5.32 Å². The third kappa shape index (κ3) is 2.83. The highest BCUT2D eigenvalue weighted by Gasteiger charge is 2.20. The average Bonchev–Trinajstić information content (AvgIpc) is 2.27. The Kier molecular flexibility index (Phi) is 3.99. The van der Waals surface area contributed by atoms with Crippen molar-refractivity contribution in [2.24, 2.45) is 5.92 Å². The predicted molar refractivity (Wildman–Crippen MR) is 71.5 cm³/mol. The molecule has 1 aliphatic carbocycles. The number of rotatable bonds is 2. The highest BCUT2D eigenvalue weighted by molar-refractivity contribution is 6.42. The lowest BCUT2D eigenvalue weighted by molar-refractivity contribution is 0.349. The van der Waals surface area contributed by atoms with E-state index in [4.69, 9.17) is 23.2 Å². The van der Waals surface area contributed by atoms with Crippen LogP contribution >= 0.6 is 23.2 Å². The zero-order valence-corrected chi connectivity index (χ0v) is 11.0. The Morgan fingerprint density at radius 2 is 1.88 bits per heavy atom. The molecule has 0 aliphatic heterocycles. The summed E-state index contributed by atoms with van der Waals surface area (Å²) in [6.07, 6.45) is 5.25. The minimum atomic E-state index is 0.575. The number of nitrogens with one attached hydrogen (secondary N) is 1. The van der Waals surface area contributed by atoms with Gasteiger partial charge in [0.25, 0.3) is 0 Å². The zero-order chi connectivity index (χ0) is 11.5. The SMILES string of the molecule is CC1CCCCC1Nc1ccc(Cl)c(Cl)c1. The van der Waals surface area contributed by atoms with Crippen LogP contribution in [0.2, 0.25) is 10.0 Å². The van der Waals surface area contributed by atoms with E-state index in [0.29, 0.717) is 16.1 Å². The molecular formula is C13H17Cl2N. The van der Waals surface area contributed by atoms with Crippen molar-refractivity contribution in [3.05, 3.63) is 28.2 Å². The van der Waals surface area contributed by atoms with E-state index >= 15 is 0 Å². The van der Waals surface area contributed by atoms with Crippen LogP contribution in [0.15, 0.2) is 18.2 Å². The number of hydrogen-bond donors (Lipinski definition) is 1. The van der Waals surface area contributed by atoms with E-state index in [-0.39, 0.29) is 0 Å². The van der Waals surface area contributed by atoms with Crippen LogP contribution in [0.25, 0.3) is 0 Å². The van der Waals surface area contributed by atoms with Crippen LogP contribution in [-0.2, 0) is 0 Å². The molecule has 2 atom stereocenters. The van der Waals surface area contributed by atoms with Gasteiger partial charge in [-0.2, -0.15) is 0 Å². The van der Waals surface area contributed by atoms with Gasteiger partial charge in [0, 0.05) is 11.7 Å². The van der Waals surface area contributed by atoms with E-state index in [0.717, 1.165) is 11.6 Å². The molecule has 3 heteroatoms. The quantitative estimate of drug-likeness (QED) is 0.788. The molecule has 0 amide bonds. The summed E-state index contributed by atoms with van der Waals surface area (Å²) in [6, 6.07) is 6.33. The minimum Gasteiger partial charge on any atom is -0.382 e. The summed E-state index contributed by atoms with van der Waals surface area (Å²) in [6.45, 7) is 2.31. The standard InChI is InChI=1S/C13H17Cl2N/c1-9-4-2-3-5-13(9)16-10-6-7-11(14)12(15)8-10/h6-9,13,16H,2-5H2,1H3. The van der Waals surface area contributed by atoms with Crippen LogP contribution in [0.1, 0.15) is 32.6 Å². The third-order valence-corrected chi connectivity index (χ3v) is 4.12. The Balaban J connectivity index is 2.05. The molecule has 0 bridgehead atoms. The molecular weight excluding hydrogens is 241 g/mol. The molecule has 0 heterocycles. The lowest BCUT2D eigenvalue weighted by atomic mass is 9.86. The maximum Gasteiger partial charge on any atom is 0.0612 e. The summed E-state index contributed by atoms with van der Waals surface area (Å²) in [5.74, 6) is 0.739. The van der Waals surface area contributed by atoms with Gasteiger partial charge >= 0.3 is 0 Å². The van der Waals surface area contributed by atoms with E-state index < -0.39 is 0 Å². The van der Waals surface area contributed by atoms with Gasteiger partial charge in [0.1, 0.15) is 0 Å². The smallest absolute Gasteiger partial charge is 0.0612 e. The van der Waals surface area contributed by atoms with E-state index in [1.165, 1.54) is 25.7 Å². The summed E-state index contributed by atoms with van der Waals surface area (Å²) in [5.41, 5.74) is 1.08. The Morgan fingerprint density at radius 1 is 1.12 bits per heavy atom. The largest absolute Gasteiger partial charge is 0.382 e. The van der Waals surface area contributed by atoms with Crippen molar-refractivity contribution < 1.29 is 0 Å². The van der Waals surface area contributed by atoms with Crippen LogP contribution in [0.4, 0.5) is 5.69 Å². The maximum absolute atomic E-state index is 6.00. The van der Waals surface area contributed by atoms with Crippen molar-refractivity contribution in [3.63, 3.8) is 0 Å². The first-order valence-electron chi connectivity index (χ1n) is 5.88. The summed E-state index contributed by atoms with van der Waals surface area (Å²) >= 11 is 11.9. The van der Waals surface area contributed by atoms with Gasteiger partial charge in [0.05, 0.1) is 10.0 Å². The van der Waals surface area contributed by atoms with Gasteiger partial charge in [0.2, 0.25) is 0 Å². The fourth-order valence-electron chi connectivity index (χ4n) is 2.33. The van der Waals surface area contributed by atoms with E-state index in [1.54, 1.807) is 0 Å². The van der Waals surface area contributed by atoms with Gasteiger partial charge in [-0.3, -0.25) is 0 Å². The summed E-state index contributed by atoms with van der Waals surface area (Å²) < 4.78 is 0. The predicted octanol–water partition coefficient (Wildman–Crippen LogP) is 4.98. The highest BCUT2D eigenvalue weighted by atomic mass is 35.5. The molecule has 1 aromatic rings. The molecule has 1 nitrogen and oxygen atoms in total. The van der Waals surface area contributed by atoms with Crippen LogP contribution in [-0.4, -0.2) is 6.04 Å². The molecule has 2 unspecified atom stereocenters. The molecule has 1 aliphatic rings. The molecule has 1 saturated carbocycles. The van der Waals surface area contributed by atoms with Gasteiger partial charge in [-0.15, -0.1) is 0 Å². The van der Waals surface area contributed by atoms with Crippen molar-refractivity contribution in [2.45, 2.75) is 38.6 Å². The number of hydrogen-bond acceptors (Lipinski definition) is 1. The second-order valence-electron chi connectivity index (χ2n) is 4.64. The Morgan fingerprint density at radius 3 is 2.56 bits per heavy atom. The number of halogens is 2. The maximum atomic E-state index is 6.00. The monoisotopic (exact) mass is 257 g/mol. The molecule has 88 valence electrons. The van der Waals surface area contributed by atoms with Crippen LogP contribution < -0.4 is 5.32 Å². The Labute approximate surface area is 107 Å². The molecule has 2 rings (SSSR count). The van der Waals surface area contributed by atoms with Crippen LogP contribution in [0.5, 0.6) is 0 Å². The lowest BCUT2D eigenvalue weighted by Gasteiger charge is -2.30. The number of anilines is 1. The van der Waals surface area contributed by atoms with Crippen molar-refractivity contribution in [1.29, 1.82) is 0 Å². The molecule has 0 saturated heterocycles. The Bertz CT molecular complexity index is 365. The first-order valence-corrected chi connectivity index (χ1v) is 6.64. The fraction of sp³-hybridized carbons (Fsp3) is 0.538. The second kappa shape index (κ2) is 5.29. The molecule has 1 N–H and O–H groups in total. The normalized spacial score (nSPS) is 25.4. The molecule has 0 spiro atoms. The van der Waals surface area contributed by atoms with Gasteiger partial charge in [-0.1, -0.05) is 43.0 Å². The van der Waals surface area contributed by atoms with E-state index in [9.17, 15) is 0 Å². The summed E-state index contributed by atoms with van der Waals surface area (Å²) in [5, 5.41) is 4.79. The number of benzene rings is 1. The summed E-state index contributed by atoms with van der Waals surface area (Å²) in [4.78, 5) is 0. The lowest BCUT2D eigenvalue weighted by Crippen LogP contribution is -2.30. The van der Waals surface area contributed by atoms with Crippen molar-refractivity contribution in [1.82, 2.24) is 0 Å². The molecule has 16 heavy (non-hydrogen) atoms. The first kappa shape index (κ1) is 12.1.